The van der Waals surface area contributed by atoms with Crippen LogP contribution in [-0.4, -0.2) is 47.0 Å². The van der Waals surface area contributed by atoms with E-state index >= 15 is 0 Å². The van der Waals surface area contributed by atoms with Crippen LogP contribution >= 0.6 is 0 Å². The number of rotatable bonds is 3. The maximum Gasteiger partial charge on any atom is 0.252 e. The first-order valence-electron chi connectivity index (χ1n) is 9.00. The second-order valence-electron chi connectivity index (χ2n) is 6.89. The van der Waals surface area contributed by atoms with E-state index in [2.05, 4.69) is 22.2 Å². The minimum atomic E-state index is -0.0333. The molecule has 1 fully saturated rings. The van der Waals surface area contributed by atoms with E-state index in [4.69, 9.17) is 4.98 Å². The quantitative estimate of drug-likeness (QED) is 0.792. The fourth-order valence-electron chi connectivity index (χ4n) is 3.57. The predicted molar refractivity (Wildman–Crippen MR) is 103 cm³/mol. The lowest BCUT2D eigenvalue weighted by molar-refractivity contribution is 0.0914. The highest BCUT2D eigenvalue weighted by molar-refractivity contribution is 6.07. The molecule has 3 aromatic rings. The van der Waals surface area contributed by atoms with Crippen LogP contribution < -0.4 is 5.32 Å². The summed E-state index contributed by atoms with van der Waals surface area (Å²) in [4.78, 5) is 24.2. The van der Waals surface area contributed by atoms with Gasteiger partial charge in [0.15, 0.2) is 0 Å². The van der Waals surface area contributed by atoms with Crippen molar-refractivity contribution < 1.29 is 4.79 Å². The molecule has 26 heavy (non-hydrogen) atoms. The smallest absolute Gasteiger partial charge is 0.252 e. The van der Waals surface area contributed by atoms with E-state index in [1.165, 1.54) is 0 Å². The van der Waals surface area contributed by atoms with Crippen molar-refractivity contribution in [3.8, 4) is 11.3 Å². The Morgan fingerprint density at radius 2 is 2.12 bits per heavy atom. The van der Waals surface area contributed by atoms with E-state index in [9.17, 15) is 4.79 Å². The minimum Gasteiger partial charge on any atom is -0.348 e. The van der Waals surface area contributed by atoms with Crippen molar-refractivity contribution in [2.75, 3.05) is 20.1 Å². The summed E-state index contributed by atoms with van der Waals surface area (Å²) in [6.45, 7) is 1.99. The summed E-state index contributed by atoms with van der Waals surface area (Å²) < 4.78 is 0. The Kier molecular flexibility index (Phi) is 4.63. The topological polar surface area (TPSA) is 58.1 Å². The Labute approximate surface area is 153 Å². The normalized spacial score (nSPS) is 18.0. The van der Waals surface area contributed by atoms with Crippen LogP contribution in [0, 0.1) is 0 Å². The first-order valence-corrected chi connectivity index (χ1v) is 9.00. The van der Waals surface area contributed by atoms with Gasteiger partial charge in [0.25, 0.3) is 5.91 Å². The molecule has 4 rings (SSSR count). The minimum absolute atomic E-state index is 0.0333. The highest BCUT2D eigenvalue weighted by atomic mass is 16.1. The molecule has 1 aromatic carbocycles. The molecule has 1 N–H and O–H groups in total. The molecule has 1 atom stereocenters. The van der Waals surface area contributed by atoms with Gasteiger partial charge in [0.05, 0.1) is 16.8 Å². The number of nitrogens with one attached hydrogen (secondary N) is 1. The van der Waals surface area contributed by atoms with E-state index in [-0.39, 0.29) is 11.9 Å². The van der Waals surface area contributed by atoms with E-state index in [0.717, 1.165) is 48.1 Å². The molecule has 0 bridgehead atoms. The maximum absolute atomic E-state index is 13.0. The molecule has 5 nitrogen and oxygen atoms in total. The van der Waals surface area contributed by atoms with Crippen LogP contribution in [0.3, 0.4) is 0 Å². The van der Waals surface area contributed by atoms with Crippen LogP contribution in [0.2, 0.25) is 0 Å². The molecule has 132 valence electrons. The highest BCUT2D eigenvalue weighted by Crippen LogP contribution is 2.24. The number of carbonyl (C=O) groups excluding carboxylic acids is 1. The molecule has 0 saturated carbocycles. The Morgan fingerprint density at radius 3 is 2.92 bits per heavy atom. The third-order valence-electron chi connectivity index (χ3n) is 4.88. The van der Waals surface area contributed by atoms with Crippen molar-refractivity contribution in [1.82, 2.24) is 20.2 Å². The molecule has 1 saturated heterocycles. The van der Waals surface area contributed by atoms with Gasteiger partial charge in [-0.25, -0.2) is 4.98 Å². The van der Waals surface area contributed by atoms with Crippen LogP contribution in [0.15, 0.2) is 54.9 Å². The van der Waals surface area contributed by atoms with Gasteiger partial charge in [-0.05, 0) is 50.7 Å². The zero-order valence-corrected chi connectivity index (χ0v) is 14.9. The van der Waals surface area contributed by atoms with Crippen LogP contribution in [0.4, 0.5) is 0 Å². The van der Waals surface area contributed by atoms with E-state index in [1.54, 1.807) is 12.4 Å². The molecule has 0 unspecified atom stereocenters. The molecule has 1 aliphatic rings. The summed E-state index contributed by atoms with van der Waals surface area (Å²) in [7, 11) is 2.10. The number of pyridine rings is 2. The number of carbonyl (C=O) groups is 1. The number of aromatic nitrogens is 2. The molecule has 0 spiro atoms. The summed E-state index contributed by atoms with van der Waals surface area (Å²) in [5.74, 6) is -0.0333. The third kappa shape index (κ3) is 3.44. The Balaban J connectivity index is 1.72. The number of para-hydroxylation sites is 1. The molecule has 5 heteroatoms. The monoisotopic (exact) mass is 346 g/mol. The van der Waals surface area contributed by atoms with Crippen molar-refractivity contribution in [1.29, 1.82) is 0 Å². The molecular weight excluding hydrogens is 324 g/mol. The summed E-state index contributed by atoms with van der Waals surface area (Å²) in [5, 5.41) is 4.09. The van der Waals surface area contributed by atoms with Gasteiger partial charge in [-0.15, -0.1) is 0 Å². The van der Waals surface area contributed by atoms with Crippen LogP contribution in [0.5, 0.6) is 0 Å². The second-order valence-corrected chi connectivity index (χ2v) is 6.89. The highest BCUT2D eigenvalue weighted by Gasteiger charge is 2.21. The molecule has 0 aliphatic carbocycles. The zero-order valence-electron chi connectivity index (χ0n) is 14.9. The SMILES string of the molecule is CN1CCC[C@H](NC(=O)c2cc(-c3cccnc3)nc3ccccc23)C1. The lowest BCUT2D eigenvalue weighted by Crippen LogP contribution is -2.46. The number of nitrogens with zero attached hydrogens (tertiary/aromatic N) is 3. The maximum atomic E-state index is 13.0. The van der Waals surface area contributed by atoms with Crippen LogP contribution in [0.1, 0.15) is 23.2 Å². The standard InChI is InChI=1S/C21H22N4O/c1-25-11-5-7-16(14-25)23-21(26)18-12-20(15-6-4-10-22-13-15)24-19-9-3-2-8-17(18)19/h2-4,6,8-10,12-13,16H,5,7,11,14H2,1H3,(H,23,26)/t16-/m0/s1. The summed E-state index contributed by atoms with van der Waals surface area (Å²) in [5.41, 5.74) is 3.16. The molecule has 2 aromatic heterocycles. The number of benzene rings is 1. The second kappa shape index (κ2) is 7.22. The summed E-state index contributed by atoms with van der Waals surface area (Å²) in [6, 6.07) is 13.7. The number of piperidine rings is 1. The zero-order chi connectivity index (χ0) is 17.9. The third-order valence-corrected chi connectivity index (χ3v) is 4.88. The average molecular weight is 346 g/mol. The first-order chi connectivity index (χ1) is 12.7. The fraction of sp³-hybridized carbons (Fsp3) is 0.286. The van der Waals surface area contributed by atoms with Gasteiger partial charge in [0.2, 0.25) is 0 Å². The number of likely N-dealkylation sites (tertiary alicyclic amines) is 1. The summed E-state index contributed by atoms with van der Waals surface area (Å²) in [6.07, 6.45) is 5.64. The van der Waals surface area contributed by atoms with Gasteiger partial charge < -0.3 is 10.2 Å². The van der Waals surface area contributed by atoms with Gasteiger partial charge in [0, 0.05) is 35.9 Å². The Bertz CT molecular complexity index is 926. The number of hydrogen-bond donors (Lipinski definition) is 1. The van der Waals surface area contributed by atoms with Gasteiger partial charge in [-0.2, -0.15) is 0 Å². The molecule has 3 heterocycles. The van der Waals surface area contributed by atoms with Crippen molar-refractivity contribution in [2.45, 2.75) is 18.9 Å². The molecule has 1 amide bonds. The van der Waals surface area contributed by atoms with E-state index < -0.39 is 0 Å². The van der Waals surface area contributed by atoms with Gasteiger partial charge >= 0.3 is 0 Å². The van der Waals surface area contributed by atoms with Crippen molar-refractivity contribution >= 4 is 16.8 Å². The lowest BCUT2D eigenvalue weighted by Gasteiger charge is -2.30. The van der Waals surface area contributed by atoms with E-state index in [1.807, 2.05) is 42.5 Å². The number of likely N-dealkylation sites (N-methyl/N-ethyl adjacent to an activating group) is 1. The van der Waals surface area contributed by atoms with Gasteiger partial charge in [-0.3, -0.25) is 9.78 Å². The predicted octanol–water partition coefficient (Wildman–Crippen LogP) is 3.12. The van der Waals surface area contributed by atoms with E-state index in [0.29, 0.717) is 5.56 Å². The number of fused-ring (bicyclic) bond motifs is 1. The number of amides is 1. The van der Waals surface area contributed by atoms with Crippen molar-refractivity contribution in [2.24, 2.45) is 0 Å². The molecular formula is C21H22N4O. The average Bonchev–Trinajstić information content (AvgIpc) is 2.68. The van der Waals surface area contributed by atoms with Crippen molar-refractivity contribution in [3.05, 3.63) is 60.4 Å². The van der Waals surface area contributed by atoms with Crippen LogP contribution in [-0.2, 0) is 0 Å². The van der Waals surface area contributed by atoms with Gasteiger partial charge in [-0.1, -0.05) is 18.2 Å². The van der Waals surface area contributed by atoms with Gasteiger partial charge in [0.1, 0.15) is 0 Å². The largest absolute Gasteiger partial charge is 0.348 e. The number of hydrogen-bond acceptors (Lipinski definition) is 4. The molecule has 1 aliphatic heterocycles. The Morgan fingerprint density at radius 1 is 1.23 bits per heavy atom. The van der Waals surface area contributed by atoms with Crippen LogP contribution in [0.25, 0.3) is 22.2 Å². The Hall–Kier alpha value is -2.79. The first kappa shape index (κ1) is 16.7. The fourth-order valence-corrected chi connectivity index (χ4v) is 3.57. The van der Waals surface area contributed by atoms with Crippen molar-refractivity contribution in [3.63, 3.8) is 0 Å². The molecule has 0 radical (unpaired) electrons. The lowest BCUT2D eigenvalue weighted by atomic mass is 10.0. The summed E-state index contributed by atoms with van der Waals surface area (Å²) >= 11 is 0.